The van der Waals surface area contributed by atoms with E-state index >= 15 is 0 Å². The molecule has 128 valence electrons. The molecule has 0 saturated carbocycles. The predicted octanol–water partition coefficient (Wildman–Crippen LogP) is 5.82. The summed E-state index contributed by atoms with van der Waals surface area (Å²) in [5, 5.41) is 0. The number of cyclic esters (lactones) is 1. The van der Waals surface area contributed by atoms with Crippen LogP contribution in [0.1, 0.15) is 11.3 Å². The lowest BCUT2D eigenvalue weighted by molar-refractivity contribution is -0.129. The molecule has 26 heavy (non-hydrogen) atoms. The second-order valence-corrected chi connectivity index (χ2v) is 7.38. The van der Waals surface area contributed by atoms with E-state index in [9.17, 15) is 4.79 Å². The summed E-state index contributed by atoms with van der Waals surface area (Å²) < 4.78 is 13.0. The van der Waals surface area contributed by atoms with Crippen molar-refractivity contribution >= 4 is 49.8 Å². The quantitative estimate of drug-likeness (QED) is 0.356. The fourth-order valence-electron chi connectivity index (χ4n) is 2.46. The van der Waals surface area contributed by atoms with E-state index in [1.807, 2.05) is 54.6 Å². The third-order valence-electron chi connectivity index (χ3n) is 3.75. The Labute approximate surface area is 166 Å². The van der Waals surface area contributed by atoms with Crippen molar-refractivity contribution in [3.8, 4) is 11.3 Å². The molecule has 3 aromatic rings. The summed E-state index contributed by atoms with van der Waals surface area (Å²) in [6, 6.07) is 18.8. The first-order chi connectivity index (χ1) is 12.6. The molecule has 4 rings (SSSR count). The zero-order chi connectivity index (χ0) is 18.1. The average Bonchev–Trinajstić information content (AvgIpc) is 3.24. The highest BCUT2D eigenvalue weighted by Gasteiger charge is 2.24. The van der Waals surface area contributed by atoms with E-state index in [1.54, 1.807) is 12.1 Å². The van der Waals surface area contributed by atoms with E-state index in [0.29, 0.717) is 11.5 Å². The molecule has 6 heteroatoms. The number of ether oxygens (including phenoxy) is 1. The lowest BCUT2D eigenvalue weighted by atomic mass is 10.2. The summed E-state index contributed by atoms with van der Waals surface area (Å²) in [6.07, 6.45) is 1.58. The zero-order valence-corrected chi connectivity index (χ0v) is 16.5. The molecule has 0 bridgehead atoms. The van der Waals surface area contributed by atoms with Gasteiger partial charge in [0.2, 0.25) is 5.90 Å². The number of benzene rings is 2. The molecule has 1 aliphatic heterocycles. The normalized spacial score (nSPS) is 15.2. The number of halogens is 2. The van der Waals surface area contributed by atoms with E-state index < -0.39 is 5.97 Å². The monoisotopic (exact) mass is 471 g/mol. The van der Waals surface area contributed by atoms with Crippen LogP contribution in [-0.4, -0.2) is 11.9 Å². The van der Waals surface area contributed by atoms with Gasteiger partial charge in [0.25, 0.3) is 0 Å². The highest BCUT2D eigenvalue weighted by molar-refractivity contribution is 9.10. The van der Waals surface area contributed by atoms with Crippen molar-refractivity contribution in [1.29, 1.82) is 0 Å². The number of nitrogens with zero attached hydrogens (tertiary/aromatic N) is 1. The van der Waals surface area contributed by atoms with Gasteiger partial charge in [-0.15, -0.1) is 0 Å². The van der Waals surface area contributed by atoms with E-state index in [1.165, 1.54) is 0 Å². The van der Waals surface area contributed by atoms with Crippen LogP contribution in [-0.2, 0) is 9.53 Å². The van der Waals surface area contributed by atoms with Crippen LogP contribution < -0.4 is 0 Å². The van der Waals surface area contributed by atoms with Gasteiger partial charge in [-0.05, 0) is 48.5 Å². The van der Waals surface area contributed by atoms with Crippen LogP contribution in [0.4, 0.5) is 0 Å². The van der Waals surface area contributed by atoms with Gasteiger partial charge >= 0.3 is 5.97 Å². The van der Waals surface area contributed by atoms with Crippen LogP contribution in [0, 0.1) is 0 Å². The number of carbonyl (C=O) groups excluding carboxylic acids is 1. The van der Waals surface area contributed by atoms with Crippen LogP contribution in [0.15, 0.2) is 84.7 Å². The molecular formula is C20H11Br2NO3. The minimum absolute atomic E-state index is 0.208. The second-order valence-electron chi connectivity index (χ2n) is 5.55. The average molecular weight is 473 g/mol. The third-order valence-corrected chi connectivity index (χ3v) is 4.80. The number of aliphatic imine (C=N–C) groups is 1. The maximum Gasteiger partial charge on any atom is 0.363 e. The van der Waals surface area contributed by atoms with Crippen LogP contribution in [0.3, 0.4) is 0 Å². The Kier molecular flexibility index (Phi) is 4.61. The van der Waals surface area contributed by atoms with E-state index in [2.05, 4.69) is 36.9 Å². The molecule has 1 aliphatic rings. The molecule has 0 spiro atoms. The Morgan fingerprint density at radius 3 is 2.08 bits per heavy atom. The largest absolute Gasteiger partial charge is 0.457 e. The Morgan fingerprint density at radius 2 is 1.42 bits per heavy atom. The summed E-state index contributed by atoms with van der Waals surface area (Å²) in [5.74, 6) is 1.04. The van der Waals surface area contributed by atoms with Gasteiger partial charge in [0.05, 0.1) is 0 Å². The van der Waals surface area contributed by atoms with Gasteiger partial charge in [-0.3, -0.25) is 0 Å². The SMILES string of the molecule is O=C1OC(c2ccc(Br)cc2)=N/C1=C\c1ccc(-c2ccc(Br)cc2)o1. The second kappa shape index (κ2) is 7.05. The number of rotatable bonds is 3. The molecule has 0 amide bonds. The van der Waals surface area contributed by atoms with Crippen molar-refractivity contribution in [3.05, 3.63) is 86.6 Å². The lowest BCUT2D eigenvalue weighted by Crippen LogP contribution is -2.05. The first-order valence-corrected chi connectivity index (χ1v) is 9.31. The van der Waals surface area contributed by atoms with Gasteiger partial charge in [0.15, 0.2) is 5.70 Å². The van der Waals surface area contributed by atoms with Gasteiger partial charge in [0, 0.05) is 26.1 Å². The molecule has 0 fully saturated rings. The summed E-state index contributed by atoms with van der Waals surface area (Å²) in [4.78, 5) is 16.4. The third kappa shape index (κ3) is 3.57. The standard InChI is InChI=1S/C20H11Br2NO3/c21-14-5-1-12(2-6-14)18-10-9-16(25-18)11-17-20(24)26-19(23-17)13-3-7-15(22)8-4-13/h1-11H/b17-11-. The molecule has 0 N–H and O–H groups in total. The zero-order valence-electron chi connectivity index (χ0n) is 13.3. The minimum Gasteiger partial charge on any atom is -0.457 e. The highest BCUT2D eigenvalue weighted by Crippen LogP contribution is 2.26. The number of carbonyl (C=O) groups is 1. The van der Waals surface area contributed by atoms with Crippen molar-refractivity contribution in [2.75, 3.05) is 0 Å². The molecule has 4 nitrogen and oxygen atoms in total. The van der Waals surface area contributed by atoms with Crippen molar-refractivity contribution in [2.45, 2.75) is 0 Å². The van der Waals surface area contributed by atoms with Gasteiger partial charge in [0.1, 0.15) is 11.5 Å². The molecule has 0 unspecified atom stereocenters. The number of hydrogen-bond donors (Lipinski definition) is 0. The number of hydrogen-bond acceptors (Lipinski definition) is 4. The maximum atomic E-state index is 12.1. The smallest absolute Gasteiger partial charge is 0.363 e. The Bertz CT molecular complexity index is 1030. The predicted molar refractivity (Wildman–Crippen MR) is 107 cm³/mol. The van der Waals surface area contributed by atoms with Crippen molar-refractivity contribution in [1.82, 2.24) is 0 Å². The number of esters is 1. The van der Waals surface area contributed by atoms with Crippen molar-refractivity contribution in [3.63, 3.8) is 0 Å². The first-order valence-electron chi connectivity index (χ1n) is 7.73. The summed E-state index contributed by atoms with van der Waals surface area (Å²) >= 11 is 6.78. The summed E-state index contributed by atoms with van der Waals surface area (Å²) in [7, 11) is 0. The first kappa shape index (κ1) is 17.0. The highest BCUT2D eigenvalue weighted by atomic mass is 79.9. The molecule has 0 atom stereocenters. The topological polar surface area (TPSA) is 51.8 Å². The molecule has 0 saturated heterocycles. The molecular weight excluding hydrogens is 462 g/mol. The van der Waals surface area contributed by atoms with Crippen LogP contribution in [0.2, 0.25) is 0 Å². The molecule has 0 aliphatic carbocycles. The Morgan fingerprint density at radius 1 is 0.808 bits per heavy atom. The van der Waals surface area contributed by atoms with Gasteiger partial charge in [-0.1, -0.05) is 44.0 Å². The van der Waals surface area contributed by atoms with E-state index in [0.717, 1.165) is 20.1 Å². The molecule has 2 heterocycles. The Balaban J connectivity index is 1.61. The fourth-order valence-corrected chi connectivity index (χ4v) is 2.99. The van der Waals surface area contributed by atoms with E-state index in [-0.39, 0.29) is 11.6 Å². The summed E-state index contributed by atoms with van der Waals surface area (Å²) in [6.45, 7) is 0. The molecule has 1 aromatic heterocycles. The van der Waals surface area contributed by atoms with Crippen molar-refractivity contribution < 1.29 is 13.9 Å². The summed E-state index contributed by atoms with van der Waals surface area (Å²) in [5.41, 5.74) is 1.89. The lowest BCUT2D eigenvalue weighted by Gasteiger charge is -1.98. The van der Waals surface area contributed by atoms with Crippen molar-refractivity contribution in [2.24, 2.45) is 4.99 Å². The van der Waals surface area contributed by atoms with Gasteiger partial charge in [-0.25, -0.2) is 9.79 Å². The minimum atomic E-state index is -0.496. The van der Waals surface area contributed by atoms with Crippen LogP contribution in [0.5, 0.6) is 0 Å². The van der Waals surface area contributed by atoms with Gasteiger partial charge < -0.3 is 9.15 Å². The van der Waals surface area contributed by atoms with E-state index in [4.69, 9.17) is 9.15 Å². The Hall–Kier alpha value is -2.44. The molecule has 2 aromatic carbocycles. The number of furan rings is 1. The van der Waals surface area contributed by atoms with Gasteiger partial charge in [-0.2, -0.15) is 0 Å². The molecule has 0 radical (unpaired) electrons. The van der Waals surface area contributed by atoms with Crippen LogP contribution in [0.25, 0.3) is 17.4 Å². The fraction of sp³-hybridized carbons (Fsp3) is 0. The maximum absolute atomic E-state index is 12.1. The van der Waals surface area contributed by atoms with Crippen LogP contribution >= 0.6 is 31.9 Å².